The summed E-state index contributed by atoms with van der Waals surface area (Å²) in [5.74, 6) is -1.41. The van der Waals surface area contributed by atoms with Crippen molar-refractivity contribution in [1.29, 1.82) is 5.26 Å². The Morgan fingerprint density at radius 3 is 2.79 bits per heavy atom. The summed E-state index contributed by atoms with van der Waals surface area (Å²) in [5.41, 5.74) is -0.316. The molecule has 7 rings (SSSR count). The predicted molar refractivity (Wildman–Crippen MR) is 179 cm³/mol. The van der Waals surface area contributed by atoms with E-state index < -0.39 is 29.4 Å². The average Bonchev–Trinajstić information content (AvgIpc) is 3.61. The third kappa shape index (κ3) is 5.50. The van der Waals surface area contributed by atoms with Crippen LogP contribution in [-0.4, -0.2) is 82.8 Å². The number of rotatable bonds is 7. The van der Waals surface area contributed by atoms with Gasteiger partial charge < -0.3 is 14.5 Å². The van der Waals surface area contributed by atoms with Crippen molar-refractivity contribution in [2.45, 2.75) is 43.4 Å². The molecule has 1 unspecified atom stereocenters. The highest BCUT2D eigenvalue weighted by Gasteiger charge is 2.49. The van der Waals surface area contributed by atoms with Gasteiger partial charge in [-0.25, -0.2) is 13.2 Å². The molecule has 3 aliphatic rings. The lowest BCUT2D eigenvalue weighted by molar-refractivity contribution is -0.128. The number of nitrogens with zero attached hydrogens (tertiary/aromatic N) is 6. The lowest BCUT2D eigenvalue weighted by atomic mass is 9.95. The van der Waals surface area contributed by atoms with Gasteiger partial charge in [-0.1, -0.05) is 54.0 Å². The van der Waals surface area contributed by atoms with Crippen LogP contribution < -0.4 is 9.64 Å². The number of nitriles is 1. The fourth-order valence-electron chi connectivity index (χ4n) is 7.61. The first-order valence-electron chi connectivity index (χ1n) is 15.8. The third-order valence-corrected chi connectivity index (χ3v) is 10.5. The molecule has 248 valence electrons. The molecule has 4 heterocycles. The lowest BCUT2D eigenvalue weighted by Crippen LogP contribution is -2.55. The number of alkyl halides is 1. The van der Waals surface area contributed by atoms with Gasteiger partial charge in [0.25, 0.3) is 0 Å². The molecular formula is C35H31Cl2F3N6O2. The van der Waals surface area contributed by atoms with E-state index in [4.69, 9.17) is 32.9 Å². The van der Waals surface area contributed by atoms with Crippen molar-refractivity contribution in [3.05, 3.63) is 70.7 Å². The number of hydrogen-bond acceptors (Lipinski definition) is 7. The van der Waals surface area contributed by atoms with Crippen molar-refractivity contribution < 1.29 is 22.7 Å². The molecule has 3 aromatic carbocycles. The number of piperazine rings is 1. The Morgan fingerprint density at radius 1 is 1.17 bits per heavy atom. The molecule has 0 radical (unpaired) electrons. The van der Waals surface area contributed by atoms with Gasteiger partial charge in [0.05, 0.1) is 34.1 Å². The third-order valence-electron chi connectivity index (χ3n) is 9.84. The van der Waals surface area contributed by atoms with Crippen molar-refractivity contribution >= 4 is 56.6 Å². The van der Waals surface area contributed by atoms with Crippen LogP contribution in [0.2, 0.25) is 10.0 Å². The summed E-state index contributed by atoms with van der Waals surface area (Å²) >= 11 is 13.3. The molecule has 8 nitrogen and oxygen atoms in total. The van der Waals surface area contributed by atoms with Crippen molar-refractivity contribution in [2.24, 2.45) is 0 Å². The Balaban J connectivity index is 1.37. The Kier molecular flexibility index (Phi) is 8.60. The van der Waals surface area contributed by atoms with Crippen LogP contribution in [0.25, 0.3) is 32.8 Å². The monoisotopic (exact) mass is 694 g/mol. The van der Waals surface area contributed by atoms with Crippen LogP contribution in [-0.2, 0) is 4.79 Å². The van der Waals surface area contributed by atoms with E-state index in [1.165, 1.54) is 12.1 Å². The first-order valence-corrected chi connectivity index (χ1v) is 16.5. The summed E-state index contributed by atoms with van der Waals surface area (Å²) in [6.07, 6.45) is 2.31. The number of amides is 1. The number of aromatic nitrogens is 2. The molecule has 3 saturated heterocycles. The summed E-state index contributed by atoms with van der Waals surface area (Å²) in [6.45, 7) is 5.62. The maximum atomic E-state index is 17.0. The van der Waals surface area contributed by atoms with Gasteiger partial charge in [0.1, 0.15) is 29.9 Å². The highest BCUT2D eigenvalue weighted by molar-refractivity contribution is 6.38. The molecule has 1 aromatic heterocycles. The number of carbonyl (C=O) groups excluding carboxylic acids is 1. The van der Waals surface area contributed by atoms with Crippen molar-refractivity contribution in [2.75, 3.05) is 44.2 Å². The highest BCUT2D eigenvalue weighted by atomic mass is 35.5. The van der Waals surface area contributed by atoms with E-state index in [0.717, 1.165) is 19.4 Å². The Labute approximate surface area is 285 Å². The van der Waals surface area contributed by atoms with E-state index in [-0.39, 0.29) is 70.1 Å². The molecule has 0 N–H and O–H groups in total. The molecule has 48 heavy (non-hydrogen) atoms. The first kappa shape index (κ1) is 32.4. The van der Waals surface area contributed by atoms with Gasteiger partial charge in [0.2, 0.25) is 5.91 Å². The molecule has 4 aromatic rings. The normalized spacial score (nSPS) is 22.7. The van der Waals surface area contributed by atoms with Gasteiger partial charge >= 0.3 is 6.01 Å². The minimum atomic E-state index is -0.965. The van der Waals surface area contributed by atoms with Crippen LogP contribution in [0.1, 0.15) is 25.7 Å². The van der Waals surface area contributed by atoms with E-state index in [0.29, 0.717) is 36.1 Å². The fraction of sp³-hybridized carbons (Fsp3) is 0.371. The highest BCUT2D eigenvalue weighted by Crippen LogP contribution is 2.44. The summed E-state index contributed by atoms with van der Waals surface area (Å²) in [4.78, 5) is 27.4. The number of carbonyl (C=O) groups is 1. The van der Waals surface area contributed by atoms with Gasteiger partial charge in [-0.15, -0.1) is 0 Å². The lowest BCUT2D eigenvalue weighted by Gasteiger charge is -2.41. The molecule has 0 spiro atoms. The van der Waals surface area contributed by atoms with Crippen LogP contribution in [0.5, 0.6) is 6.01 Å². The van der Waals surface area contributed by atoms with E-state index in [1.807, 2.05) is 4.90 Å². The zero-order chi connectivity index (χ0) is 33.7. The maximum Gasteiger partial charge on any atom is 0.319 e. The molecule has 1 amide bonds. The zero-order valence-electron chi connectivity index (χ0n) is 25.9. The van der Waals surface area contributed by atoms with Crippen molar-refractivity contribution in [3.63, 3.8) is 0 Å². The molecule has 3 aliphatic heterocycles. The van der Waals surface area contributed by atoms with Crippen molar-refractivity contribution in [3.8, 4) is 23.2 Å². The minimum absolute atomic E-state index is 0.0155. The van der Waals surface area contributed by atoms with Gasteiger partial charge in [-0.05, 0) is 48.5 Å². The van der Waals surface area contributed by atoms with Crippen molar-refractivity contribution in [1.82, 2.24) is 19.8 Å². The maximum absolute atomic E-state index is 17.0. The largest absolute Gasteiger partial charge is 0.461 e. The second-order valence-electron chi connectivity index (χ2n) is 12.6. The van der Waals surface area contributed by atoms with E-state index in [9.17, 15) is 18.8 Å². The Morgan fingerprint density at radius 2 is 2.00 bits per heavy atom. The summed E-state index contributed by atoms with van der Waals surface area (Å²) < 4.78 is 52.3. The summed E-state index contributed by atoms with van der Waals surface area (Å²) in [6, 6.07) is 11.0. The van der Waals surface area contributed by atoms with Crippen LogP contribution in [0, 0.1) is 23.0 Å². The Hall–Kier alpha value is -4.11. The minimum Gasteiger partial charge on any atom is -0.461 e. The number of ether oxygens (including phenoxy) is 1. The molecule has 3 fully saturated rings. The molecular weight excluding hydrogens is 664 g/mol. The molecule has 3 atom stereocenters. The van der Waals surface area contributed by atoms with Gasteiger partial charge in [-0.2, -0.15) is 15.2 Å². The van der Waals surface area contributed by atoms with Crippen LogP contribution in [0.3, 0.4) is 0 Å². The van der Waals surface area contributed by atoms with E-state index in [2.05, 4.69) is 22.5 Å². The van der Waals surface area contributed by atoms with Gasteiger partial charge in [0.15, 0.2) is 5.82 Å². The SMILES string of the molecule is C=CC(=O)N1CCN(c2nc(OCC34CCCN3C[C@H](F)C4)nc3c(F)c(-c4cccc5ccc(F)c(Cl)c45)c(Cl)cc23)C[C@@H]1CC#N. The number of halogens is 5. The van der Waals surface area contributed by atoms with Crippen LogP contribution in [0.15, 0.2) is 49.1 Å². The molecule has 0 bridgehead atoms. The zero-order valence-corrected chi connectivity index (χ0v) is 27.4. The van der Waals surface area contributed by atoms with Gasteiger partial charge in [-0.3, -0.25) is 9.69 Å². The molecule has 13 heteroatoms. The predicted octanol–water partition coefficient (Wildman–Crippen LogP) is 7.11. The fourth-order valence-corrected chi connectivity index (χ4v) is 8.18. The number of anilines is 1. The van der Waals surface area contributed by atoms with Gasteiger partial charge in [0, 0.05) is 48.9 Å². The number of fused-ring (bicyclic) bond motifs is 3. The molecule has 0 aliphatic carbocycles. The standard InChI is InChI=1S/C35H31Cl2F3N6O2/c1-2-27(47)46-14-13-44(18-22(46)9-11-41)33-24-15-25(36)29(23-6-3-5-20-7-8-26(39)30(37)28(20)23)31(40)32(24)42-34(43-33)48-19-35-10-4-12-45(35)17-21(38)16-35/h2-3,5-8,15,21-22H,1,4,9-10,12-14,16-19H2/t21-,22+,35?/m1/s1. The smallest absolute Gasteiger partial charge is 0.319 e. The number of benzene rings is 3. The first-order chi connectivity index (χ1) is 23.1. The van der Waals surface area contributed by atoms with E-state index in [1.54, 1.807) is 35.2 Å². The van der Waals surface area contributed by atoms with Crippen LogP contribution >= 0.6 is 23.2 Å². The second kappa shape index (κ2) is 12.7. The number of hydrogen-bond donors (Lipinski definition) is 0. The summed E-state index contributed by atoms with van der Waals surface area (Å²) in [5, 5.41) is 10.6. The average molecular weight is 696 g/mol. The topological polar surface area (TPSA) is 85.6 Å². The Bertz CT molecular complexity index is 2010. The van der Waals surface area contributed by atoms with E-state index >= 15 is 4.39 Å². The summed E-state index contributed by atoms with van der Waals surface area (Å²) in [7, 11) is 0. The molecule has 0 saturated carbocycles. The quantitative estimate of drug-likeness (QED) is 0.191. The second-order valence-corrected chi connectivity index (χ2v) is 13.4. The van der Waals surface area contributed by atoms with Crippen LogP contribution in [0.4, 0.5) is 19.0 Å².